The molecule has 3 nitrogen and oxygen atoms in total. The maximum atomic E-state index is 4.23. The van der Waals surface area contributed by atoms with Gasteiger partial charge in [0.2, 0.25) is 0 Å². The highest BCUT2D eigenvalue weighted by molar-refractivity contribution is 5.79. The number of guanidine groups is 1. The first-order valence-electron chi connectivity index (χ1n) is 5.21. The zero-order valence-corrected chi connectivity index (χ0v) is 9.01. The maximum absolute atomic E-state index is 4.23. The quantitative estimate of drug-likeness (QED) is 0.490. The van der Waals surface area contributed by atoms with Gasteiger partial charge in [0, 0.05) is 27.2 Å². The minimum Gasteiger partial charge on any atom is -0.359 e. The van der Waals surface area contributed by atoms with E-state index in [4.69, 9.17) is 0 Å². The molecule has 13 heavy (non-hydrogen) atoms. The summed E-state index contributed by atoms with van der Waals surface area (Å²) in [5, 5.41) is 3.14. The van der Waals surface area contributed by atoms with Gasteiger partial charge in [-0.1, -0.05) is 13.3 Å². The average Bonchev–Trinajstić information content (AvgIpc) is 2.20. The van der Waals surface area contributed by atoms with Crippen molar-refractivity contribution in [3.63, 3.8) is 0 Å². The standard InChI is InChI=1S/C10H21N3/c1-4-9-6-5-7-13(8-9)10(11-2)12-3/h9H,4-8H2,1-3H3,(H,11,12). The maximum Gasteiger partial charge on any atom is 0.193 e. The minimum atomic E-state index is 0.860. The van der Waals surface area contributed by atoms with Gasteiger partial charge in [-0.3, -0.25) is 4.99 Å². The highest BCUT2D eigenvalue weighted by Gasteiger charge is 2.19. The van der Waals surface area contributed by atoms with Gasteiger partial charge in [-0.25, -0.2) is 0 Å². The van der Waals surface area contributed by atoms with Crippen molar-refractivity contribution in [3.05, 3.63) is 0 Å². The molecule has 0 bridgehead atoms. The van der Waals surface area contributed by atoms with Gasteiger partial charge in [0.25, 0.3) is 0 Å². The first-order chi connectivity index (χ1) is 6.31. The van der Waals surface area contributed by atoms with Gasteiger partial charge in [-0.2, -0.15) is 0 Å². The second-order valence-corrected chi connectivity index (χ2v) is 3.66. The lowest BCUT2D eigenvalue weighted by molar-refractivity contribution is 0.248. The van der Waals surface area contributed by atoms with Crippen molar-refractivity contribution < 1.29 is 0 Å². The Balaban J connectivity index is 2.50. The van der Waals surface area contributed by atoms with E-state index in [2.05, 4.69) is 22.1 Å². The van der Waals surface area contributed by atoms with Crippen LogP contribution in [0.5, 0.6) is 0 Å². The Labute approximate surface area is 81.2 Å². The van der Waals surface area contributed by atoms with E-state index in [1.165, 1.54) is 25.8 Å². The average molecular weight is 183 g/mol. The normalized spacial score (nSPS) is 24.7. The van der Waals surface area contributed by atoms with Gasteiger partial charge < -0.3 is 10.2 Å². The molecular formula is C10H21N3. The fourth-order valence-corrected chi connectivity index (χ4v) is 2.00. The smallest absolute Gasteiger partial charge is 0.193 e. The Kier molecular flexibility index (Phi) is 4.06. The van der Waals surface area contributed by atoms with Gasteiger partial charge in [0.05, 0.1) is 0 Å². The lowest BCUT2D eigenvalue weighted by Crippen LogP contribution is -2.45. The number of piperidine rings is 1. The van der Waals surface area contributed by atoms with Crippen molar-refractivity contribution >= 4 is 5.96 Å². The van der Waals surface area contributed by atoms with E-state index in [1.54, 1.807) is 0 Å². The summed E-state index contributed by atoms with van der Waals surface area (Å²) in [5.41, 5.74) is 0. The van der Waals surface area contributed by atoms with Crippen molar-refractivity contribution in [2.45, 2.75) is 26.2 Å². The molecule has 1 atom stereocenters. The van der Waals surface area contributed by atoms with Crippen LogP contribution < -0.4 is 5.32 Å². The third kappa shape index (κ3) is 2.61. The van der Waals surface area contributed by atoms with Crippen LogP contribution in [0, 0.1) is 5.92 Å². The SMILES string of the molecule is CCC1CCCN(C(=NC)NC)C1. The van der Waals surface area contributed by atoms with Gasteiger partial charge in [-0.05, 0) is 18.8 Å². The molecule has 76 valence electrons. The summed E-state index contributed by atoms with van der Waals surface area (Å²) in [4.78, 5) is 6.59. The van der Waals surface area contributed by atoms with E-state index >= 15 is 0 Å². The van der Waals surface area contributed by atoms with Crippen molar-refractivity contribution in [2.24, 2.45) is 10.9 Å². The Hall–Kier alpha value is -0.730. The molecule has 1 rings (SSSR count). The van der Waals surface area contributed by atoms with Crippen molar-refractivity contribution in [2.75, 3.05) is 27.2 Å². The summed E-state index contributed by atoms with van der Waals surface area (Å²) in [5.74, 6) is 1.90. The minimum absolute atomic E-state index is 0.860. The molecule has 1 fully saturated rings. The van der Waals surface area contributed by atoms with Gasteiger partial charge >= 0.3 is 0 Å². The predicted molar refractivity (Wildman–Crippen MR) is 57.0 cm³/mol. The zero-order valence-electron chi connectivity index (χ0n) is 9.01. The summed E-state index contributed by atoms with van der Waals surface area (Å²) in [6.07, 6.45) is 3.98. The van der Waals surface area contributed by atoms with Crippen LogP contribution in [0.3, 0.4) is 0 Å². The van der Waals surface area contributed by atoms with E-state index in [9.17, 15) is 0 Å². The summed E-state index contributed by atoms with van der Waals surface area (Å²) < 4.78 is 0. The van der Waals surface area contributed by atoms with Gasteiger partial charge in [-0.15, -0.1) is 0 Å². The number of likely N-dealkylation sites (tertiary alicyclic amines) is 1. The van der Waals surface area contributed by atoms with Crippen molar-refractivity contribution in [3.8, 4) is 0 Å². The molecule has 0 aliphatic carbocycles. The summed E-state index contributed by atoms with van der Waals surface area (Å²) in [6, 6.07) is 0. The molecule has 0 aromatic heterocycles. The number of nitrogens with one attached hydrogen (secondary N) is 1. The molecule has 0 aromatic rings. The Morgan fingerprint density at radius 3 is 2.92 bits per heavy atom. The summed E-state index contributed by atoms with van der Waals surface area (Å²) in [7, 11) is 3.79. The lowest BCUT2D eigenvalue weighted by atomic mass is 9.96. The van der Waals surface area contributed by atoms with E-state index in [0.29, 0.717) is 0 Å². The molecule has 1 aliphatic heterocycles. The molecule has 1 heterocycles. The van der Waals surface area contributed by atoms with E-state index in [0.717, 1.165) is 18.4 Å². The Morgan fingerprint density at radius 1 is 1.62 bits per heavy atom. The van der Waals surface area contributed by atoms with Crippen LogP contribution in [0.2, 0.25) is 0 Å². The second kappa shape index (κ2) is 5.10. The lowest BCUT2D eigenvalue weighted by Gasteiger charge is -2.34. The third-order valence-corrected chi connectivity index (χ3v) is 2.83. The van der Waals surface area contributed by atoms with Gasteiger partial charge in [0.15, 0.2) is 5.96 Å². The second-order valence-electron chi connectivity index (χ2n) is 3.66. The molecule has 1 aliphatic rings. The van der Waals surface area contributed by atoms with Crippen LogP contribution in [0.25, 0.3) is 0 Å². The molecule has 3 heteroatoms. The molecular weight excluding hydrogens is 162 g/mol. The molecule has 0 amide bonds. The molecule has 1 N–H and O–H groups in total. The van der Waals surface area contributed by atoms with E-state index in [1.807, 2.05) is 14.1 Å². The summed E-state index contributed by atoms with van der Waals surface area (Å²) in [6.45, 7) is 4.60. The molecule has 0 spiro atoms. The van der Waals surface area contributed by atoms with E-state index in [-0.39, 0.29) is 0 Å². The van der Waals surface area contributed by atoms with Crippen LogP contribution in [0.4, 0.5) is 0 Å². The molecule has 0 aromatic carbocycles. The highest BCUT2D eigenvalue weighted by Crippen LogP contribution is 2.18. The van der Waals surface area contributed by atoms with Gasteiger partial charge in [0.1, 0.15) is 0 Å². The predicted octanol–water partition coefficient (Wildman–Crippen LogP) is 1.31. The van der Waals surface area contributed by atoms with E-state index < -0.39 is 0 Å². The van der Waals surface area contributed by atoms with Crippen LogP contribution in [-0.4, -0.2) is 38.0 Å². The highest BCUT2D eigenvalue weighted by atomic mass is 15.3. The number of hydrogen-bond donors (Lipinski definition) is 1. The fourth-order valence-electron chi connectivity index (χ4n) is 2.00. The summed E-state index contributed by atoms with van der Waals surface area (Å²) >= 11 is 0. The zero-order chi connectivity index (χ0) is 9.68. The Morgan fingerprint density at radius 2 is 2.38 bits per heavy atom. The first-order valence-corrected chi connectivity index (χ1v) is 5.21. The Bertz CT molecular complexity index is 177. The fraction of sp³-hybridized carbons (Fsp3) is 0.900. The van der Waals surface area contributed by atoms with Crippen LogP contribution >= 0.6 is 0 Å². The third-order valence-electron chi connectivity index (χ3n) is 2.83. The molecule has 1 unspecified atom stereocenters. The monoisotopic (exact) mass is 183 g/mol. The molecule has 0 saturated carbocycles. The van der Waals surface area contributed by atoms with Crippen molar-refractivity contribution in [1.29, 1.82) is 0 Å². The first kappa shape index (κ1) is 10.4. The number of nitrogens with zero attached hydrogens (tertiary/aromatic N) is 2. The topological polar surface area (TPSA) is 27.6 Å². The number of hydrogen-bond acceptors (Lipinski definition) is 1. The van der Waals surface area contributed by atoms with Crippen LogP contribution in [-0.2, 0) is 0 Å². The van der Waals surface area contributed by atoms with Crippen LogP contribution in [0.1, 0.15) is 26.2 Å². The molecule has 0 radical (unpaired) electrons. The number of rotatable bonds is 1. The largest absolute Gasteiger partial charge is 0.359 e. The molecule has 1 saturated heterocycles. The number of aliphatic imine (C=N–C) groups is 1. The van der Waals surface area contributed by atoms with Crippen LogP contribution in [0.15, 0.2) is 4.99 Å². The van der Waals surface area contributed by atoms with Crippen molar-refractivity contribution in [1.82, 2.24) is 10.2 Å².